The molecule has 0 bridgehead atoms. The average molecular weight is 311 g/mol. The molecule has 1 aliphatic rings. The molecule has 1 N–H and O–H groups in total. The van der Waals surface area contributed by atoms with Gasteiger partial charge in [-0.05, 0) is 51.2 Å². The Morgan fingerprint density at radius 3 is 3.04 bits per heavy atom. The van der Waals surface area contributed by atoms with Crippen LogP contribution in [0.2, 0.25) is 0 Å². The number of hydrogen-bond donors (Lipinski definition) is 1. The maximum absolute atomic E-state index is 12.5. The van der Waals surface area contributed by atoms with Gasteiger partial charge in [-0.25, -0.2) is 0 Å². The molecule has 0 atom stereocenters. The molecule has 5 nitrogen and oxygen atoms in total. The molecule has 2 aromatic rings. The third-order valence-corrected chi connectivity index (χ3v) is 4.14. The van der Waals surface area contributed by atoms with Gasteiger partial charge >= 0.3 is 0 Å². The quantitative estimate of drug-likeness (QED) is 0.856. The number of carbonyl (C=O) groups is 1. The van der Waals surface area contributed by atoms with Crippen LogP contribution in [0.15, 0.2) is 40.7 Å². The van der Waals surface area contributed by atoms with Crippen molar-refractivity contribution < 1.29 is 9.32 Å². The van der Waals surface area contributed by atoms with E-state index >= 15 is 0 Å². The summed E-state index contributed by atoms with van der Waals surface area (Å²) in [6.07, 6.45) is 11.5. The van der Waals surface area contributed by atoms with E-state index in [1.165, 1.54) is 24.8 Å². The second-order valence-electron chi connectivity index (χ2n) is 5.82. The van der Waals surface area contributed by atoms with Crippen molar-refractivity contribution >= 4 is 5.91 Å². The number of nitrogens with one attached hydrogen (secondary N) is 1. The Balaban J connectivity index is 1.68. The van der Waals surface area contributed by atoms with Crippen LogP contribution in [0, 0.1) is 6.92 Å². The normalized spacial score (nSPS) is 14.4. The zero-order valence-electron chi connectivity index (χ0n) is 13.3. The fourth-order valence-electron chi connectivity index (χ4n) is 2.90. The lowest BCUT2D eigenvalue weighted by molar-refractivity contribution is 0.0953. The maximum Gasteiger partial charge on any atom is 0.257 e. The molecule has 0 spiro atoms. The van der Waals surface area contributed by atoms with Gasteiger partial charge in [-0.2, -0.15) is 0 Å². The molecule has 0 radical (unpaired) electrons. The molecule has 23 heavy (non-hydrogen) atoms. The largest absolute Gasteiger partial charge is 0.360 e. The summed E-state index contributed by atoms with van der Waals surface area (Å²) in [6, 6.07) is 3.69. The Hall–Kier alpha value is -2.43. The van der Waals surface area contributed by atoms with Crippen molar-refractivity contribution in [3.05, 3.63) is 47.5 Å². The molecule has 0 saturated heterocycles. The molecule has 0 aliphatic heterocycles. The zero-order chi connectivity index (χ0) is 16.1. The summed E-state index contributed by atoms with van der Waals surface area (Å²) in [5.74, 6) is 0.386. The summed E-state index contributed by atoms with van der Waals surface area (Å²) in [7, 11) is 0. The SMILES string of the molecule is Cc1onc(-c2cccnc2)c1C(=O)NCCC1=CCCCC1. The van der Waals surface area contributed by atoms with Gasteiger partial charge in [-0.15, -0.1) is 0 Å². The number of pyridine rings is 1. The first kappa shape index (κ1) is 15.5. The molecule has 2 aromatic heterocycles. The Bertz CT molecular complexity index is 704. The number of rotatable bonds is 5. The van der Waals surface area contributed by atoms with E-state index in [1.807, 2.05) is 12.1 Å². The monoisotopic (exact) mass is 311 g/mol. The molecule has 5 heteroatoms. The Labute approximate surface area is 135 Å². The number of aryl methyl sites for hydroxylation is 1. The summed E-state index contributed by atoms with van der Waals surface area (Å²) >= 11 is 0. The highest BCUT2D eigenvalue weighted by molar-refractivity contribution is 6.00. The first-order valence-corrected chi connectivity index (χ1v) is 8.08. The lowest BCUT2D eigenvalue weighted by Crippen LogP contribution is -2.25. The van der Waals surface area contributed by atoms with E-state index in [4.69, 9.17) is 4.52 Å². The highest BCUT2D eigenvalue weighted by Crippen LogP contribution is 2.24. The van der Waals surface area contributed by atoms with Crippen LogP contribution >= 0.6 is 0 Å². The van der Waals surface area contributed by atoms with Crippen molar-refractivity contribution in [2.75, 3.05) is 6.54 Å². The van der Waals surface area contributed by atoms with E-state index in [9.17, 15) is 4.79 Å². The molecule has 120 valence electrons. The summed E-state index contributed by atoms with van der Waals surface area (Å²) in [6.45, 7) is 2.40. The number of nitrogens with zero attached hydrogens (tertiary/aromatic N) is 2. The fraction of sp³-hybridized carbons (Fsp3) is 0.389. The van der Waals surface area contributed by atoms with Gasteiger partial charge in [-0.1, -0.05) is 16.8 Å². The lowest BCUT2D eigenvalue weighted by atomic mass is 9.97. The van der Waals surface area contributed by atoms with E-state index in [1.54, 1.807) is 19.3 Å². The van der Waals surface area contributed by atoms with Crippen LogP contribution in [0.1, 0.15) is 48.2 Å². The van der Waals surface area contributed by atoms with Crippen molar-refractivity contribution in [1.82, 2.24) is 15.5 Å². The Morgan fingerprint density at radius 2 is 2.30 bits per heavy atom. The summed E-state index contributed by atoms with van der Waals surface area (Å²) < 4.78 is 5.22. The van der Waals surface area contributed by atoms with E-state index in [-0.39, 0.29) is 5.91 Å². The van der Waals surface area contributed by atoms with Gasteiger partial charge < -0.3 is 9.84 Å². The molecule has 0 saturated carbocycles. The minimum Gasteiger partial charge on any atom is -0.360 e. The Kier molecular flexibility index (Phi) is 4.86. The molecule has 1 aliphatic carbocycles. The molecule has 0 unspecified atom stereocenters. The van der Waals surface area contributed by atoms with Crippen LogP contribution in [0.4, 0.5) is 0 Å². The maximum atomic E-state index is 12.5. The number of allylic oxidation sites excluding steroid dienone is 1. The topological polar surface area (TPSA) is 68.0 Å². The third-order valence-electron chi connectivity index (χ3n) is 4.14. The average Bonchev–Trinajstić information content (AvgIpc) is 2.98. The van der Waals surface area contributed by atoms with Crippen LogP contribution < -0.4 is 5.32 Å². The second kappa shape index (κ2) is 7.22. The highest BCUT2D eigenvalue weighted by atomic mass is 16.5. The summed E-state index contributed by atoms with van der Waals surface area (Å²) in [5.41, 5.74) is 3.27. The number of amides is 1. The number of hydrogen-bond acceptors (Lipinski definition) is 4. The molecule has 1 amide bonds. The van der Waals surface area contributed by atoms with Crippen LogP contribution in [0.3, 0.4) is 0 Å². The molecule has 2 heterocycles. The summed E-state index contributed by atoms with van der Waals surface area (Å²) in [4.78, 5) is 16.6. The molecular formula is C18H21N3O2. The minimum absolute atomic E-state index is 0.140. The first-order chi connectivity index (χ1) is 11.3. The van der Waals surface area contributed by atoms with Crippen LogP contribution in [-0.4, -0.2) is 22.6 Å². The van der Waals surface area contributed by atoms with Crippen molar-refractivity contribution in [2.45, 2.75) is 39.0 Å². The van der Waals surface area contributed by atoms with Gasteiger partial charge in [0, 0.05) is 24.5 Å². The first-order valence-electron chi connectivity index (χ1n) is 8.08. The van der Waals surface area contributed by atoms with Crippen molar-refractivity contribution in [3.8, 4) is 11.3 Å². The van der Waals surface area contributed by atoms with Gasteiger partial charge in [-0.3, -0.25) is 9.78 Å². The number of aromatic nitrogens is 2. The van der Waals surface area contributed by atoms with Crippen molar-refractivity contribution in [1.29, 1.82) is 0 Å². The predicted molar refractivity (Wildman–Crippen MR) is 88.0 cm³/mol. The van der Waals surface area contributed by atoms with E-state index in [2.05, 4.69) is 21.5 Å². The lowest BCUT2D eigenvalue weighted by Gasteiger charge is -2.13. The minimum atomic E-state index is -0.140. The van der Waals surface area contributed by atoms with E-state index in [0.717, 1.165) is 18.4 Å². The zero-order valence-corrected chi connectivity index (χ0v) is 13.3. The highest BCUT2D eigenvalue weighted by Gasteiger charge is 2.21. The number of carbonyl (C=O) groups excluding carboxylic acids is 1. The van der Waals surface area contributed by atoms with Gasteiger partial charge in [0.05, 0.1) is 0 Å². The van der Waals surface area contributed by atoms with Crippen LogP contribution in [0.5, 0.6) is 0 Å². The molecule has 0 fully saturated rings. The predicted octanol–water partition coefficient (Wildman–Crippen LogP) is 3.67. The molecular weight excluding hydrogens is 290 g/mol. The molecule has 0 aromatic carbocycles. The van der Waals surface area contributed by atoms with Gasteiger partial charge in [0.2, 0.25) is 0 Å². The smallest absolute Gasteiger partial charge is 0.257 e. The molecule has 3 rings (SSSR count). The standard InChI is InChI=1S/C18H21N3O2/c1-13-16(17(21-23-13)15-8-5-10-19-12-15)18(22)20-11-9-14-6-3-2-4-7-14/h5-6,8,10,12H,2-4,7,9,11H2,1H3,(H,20,22). The van der Waals surface area contributed by atoms with E-state index < -0.39 is 0 Å². The van der Waals surface area contributed by atoms with Gasteiger partial charge in [0.1, 0.15) is 17.0 Å². The van der Waals surface area contributed by atoms with Crippen LogP contribution in [0.25, 0.3) is 11.3 Å². The van der Waals surface area contributed by atoms with Gasteiger partial charge in [0.15, 0.2) is 0 Å². The second-order valence-corrected chi connectivity index (χ2v) is 5.82. The van der Waals surface area contributed by atoms with Crippen LogP contribution in [-0.2, 0) is 0 Å². The fourth-order valence-corrected chi connectivity index (χ4v) is 2.90. The van der Waals surface area contributed by atoms with Gasteiger partial charge in [0.25, 0.3) is 5.91 Å². The summed E-state index contributed by atoms with van der Waals surface area (Å²) in [5, 5.41) is 7.00. The van der Waals surface area contributed by atoms with Crippen molar-refractivity contribution in [3.63, 3.8) is 0 Å². The third kappa shape index (κ3) is 3.67. The van der Waals surface area contributed by atoms with Crippen molar-refractivity contribution in [2.24, 2.45) is 0 Å². The Morgan fingerprint density at radius 1 is 1.39 bits per heavy atom. The van der Waals surface area contributed by atoms with E-state index in [0.29, 0.717) is 23.6 Å².